The van der Waals surface area contributed by atoms with Crippen LogP contribution >= 0.6 is 0 Å². The fourth-order valence-electron chi connectivity index (χ4n) is 2.11. The first-order valence-electron chi connectivity index (χ1n) is 6.49. The van der Waals surface area contributed by atoms with Gasteiger partial charge in [0, 0.05) is 11.8 Å². The van der Waals surface area contributed by atoms with E-state index in [0.717, 1.165) is 11.1 Å². The molecule has 22 heavy (non-hydrogen) atoms. The van der Waals surface area contributed by atoms with Crippen LogP contribution < -0.4 is 0 Å². The molecule has 0 saturated heterocycles. The van der Waals surface area contributed by atoms with Gasteiger partial charge in [-0.25, -0.2) is 9.48 Å². The van der Waals surface area contributed by atoms with E-state index in [1.165, 1.54) is 6.07 Å². The first kappa shape index (κ1) is 13.7. The molecule has 2 aromatic carbocycles. The largest absolute Gasteiger partial charge is 0.478 e. The Morgan fingerprint density at radius 3 is 2.55 bits per heavy atom. The second-order valence-corrected chi connectivity index (χ2v) is 4.67. The summed E-state index contributed by atoms with van der Waals surface area (Å²) in [5.41, 5.74) is 2.99. The lowest BCUT2D eigenvalue weighted by molar-refractivity contribution is 0.0697. The van der Waals surface area contributed by atoms with Crippen LogP contribution in [-0.4, -0.2) is 20.9 Å². The normalized spacial score (nSPS) is 10.4. The third kappa shape index (κ3) is 2.62. The highest BCUT2D eigenvalue weighted by Crippen LogP contribution is 2.23. The molecule has 0 aliphatic heterocycles. The van der Waals surface area contributed by atoms with Gasteiger partial charge in [-0.05, 0) is 41.1 Å². The SMILES string of the molecule is O=Nc1ccc(-c2cnn(-c3cccc(C(=O)O)c3)c2)cc1. The molecule has 1 N–H and O–H groups in total. The summed E-state index contributed by atoms with van der Waals surface area (Å²) in [7, 11) is 0. The van der Waals surface area contributed by atoms with Crippen molar-refractivity contribution in [3.8, 4) is 16.8 Å². The molecule has 6 nitrogen and oxygen atoms in total. The van der Waals surface area contributed by atoms with Crippen LogP contribution in [0.2, 0.25) is 0 Å². The zero-order valence-corrected chi connectivity index (χ0v) is 11.4. The van der Waals surface area contributed by atoms with Crippen LogP contribution in [-0.2, 0) is 0 Å². The van der Waals surface area contributed by atoms with Gasteiger partial charge in [-0.3, -0.25) is 0 Å². The molecule has 0 unspecified atom stereocenters. The van der Waals surface area contributed by atoms with Crippen molar-refractivity contribution in [3.63, 3.8) is 0 Å². The van der Waals surface area contributed by atoms with Crippen molar-refractivity contribution in [1.82, 2.24) is 9.78 Å². The first-order valence-corrected chi connectivity index (χ1v) is 6.49. The van der Waals surface area contributed by atoms with E-state index in [9.17, 15) is 9.70 Å². The molecule has 0 fully saturated rings. The maximum Gasteiger partial charge on any atom is 0.335 e. The standard InChI is InChI=1S/C16H11N3O3/c20-16(21)12-2-1-3-15(8-12)19-10-13(9-17-19)11-4-6-14(18-22)7-5-11/h1-10H,(H,20,21). The van der Waals surface area contributed by atoms with E-state index in [2.05, 4.69) is 10.3 Å². The van der Waals surface area contributed by atoms with Crippen LogP contribution in [0.4, 0.5) is 5.69 Å². The number of aromatic carboxylic acids is 1. The van der Waals surface area contributed by atoms with Gasteiger partial charge < -0.3 is 5.11 Å². The zero-order chi connectivity index (χ0) is 15.5. The Morgan fingerprint density at radius 1 is 1.09 bits per heavy atom. The van der Waals surface area contributed by atoms with Crippen molar-refractivity contribution in [2.75, 3.05) is 0 Å². The highest BCUT2D eigenvalue weighted by Gasteiger charge is 2.07. The second kappa shape index (κ2) is 5.61. The molecule has 1 aromatic heterocycles. The molecule has 0 radical (unpaired) electrons. The molecule has 0 amide bonds. The van der Waals surface area contributed by atoms with Gasteiger partial charge in [0.2, 0.25) is 0 Å². The summed E-state index contributed by atoms with van der Waals surface area (Å²) in [5.74, 6) is -0.980. The quantitative estimate of drug-likeness (QED) is 0.744. The summed E-state index contributed by atoms with van der Waals surface area (Å²) in [6, 6.07) is 13.4. The number of hydrogen-bond donors (Lipinski definition) is 1. The number of carboxylic acids is 1. The molecule has 0 bridgehead atoms. The molecule has 0 spiro atoms. The van der Waals surface area contributed by atoms with Gasteiger partial charge in [-0.15, -0.1) is 4.91 Å². The maximum atomic E-state index is 11.0. The Labute approximate surface area is 125 Å². The second-order valence-electron chi connectivity index (χ2n) is 4.67. The first-order chi connectivity index (χ1) is 10.7. The van der Waals surface area contributed by atoms with Gasteiger partial charge in [0.25, 0.3) is 0 Å². The van der Waals surface area contributed by atoms with Crippen LogP contribution in [0.5, 0.6) is 0 Å². The van der Waals surface area contributed by atoms with Crippen LogP contribution in [0.1, 0.15) is 10.4 Å². The summed E-state index contributed by atoms with van der Waals surface area (Å²) in [5, 5.41) is 16.1. The number of nitroso groups, excluding NO2 is 1. The van der Waals surface area contributed by atoms with Gasteiger partial charge >= 0.3 is 5.97 Å². The monoisotopic (exact) mass is 293 g/mol. The smallest absolute Gasteiger partial charge is 0.335 e. The molecular formula is C16H11N3O3. The average Bonchev–Trinajstić information content (AvgIpc) is 3.05. The van der Waals surface area contributed by atoms with Gasteiger partial charge in [0.05, 0.1) is 17.4 Å². The predicted octanol–water partition coefficient (Wildman–Crippen LogP) is 3.64. The Hall–Kier alpha value is -3.28. The van der Waals surface area contributed by atoms with E-state index < -0.39 is 5.97 Å². The van der Waals surface area contributed by atoms with Crippen molar-refractivity contribution in [2.45, 2.75) is 0 Å². The average molecular weight is 293 g/mol. The van der Waals surface area contributed by atoms with Crippen molar-refractivity contribution in [1.29, 1.82) is 0 Å². The summed E-state index contributed by atoms with van der Waals surface area (Å²) in [4.78, 5) is 21.4. The minimum atomic E-state index is -0.980. The van der Waals surface area contributed by atoms with Gasteiger partial charge in [0.15, 0.2) is 0 Å². The van der Waals surface area contributed by atoms with E-state index in [4.69, 9.17) is 5.11 Å². The third-order valence-electron chi connectivity index (χ3n) is 3.25. The molecule has 3 aromatic rings. The van der Waals surface area contributed by atoms with Gasteiger partial charge in [-0.1, -0.05) is 18.2 Å². The number of nitrogens with zero attached hydrogens (tertiary/aromatic N) is 3. The number of rotatable bonds is 4. The van der Waals surface area contributed by atoms with E-state index in [-0.39, 0.29) is 5.56 Å². The minimum Gasteiger partial charge on any atom is -0.478 e. The molecule has 0 aliphatic rings. The summed E-state index contributed by atoms with van der Waals surface area (Å²) < 4.78 is 1.60. The molecule has 1 heterocycles. The maximum absolute atomic E-state index is 11.0. The Bertz CT molecular complexity index is 838. The summed E-state index contributed by atoms with van der Waals surface area (Å²) >= 11 is 0. The molecule has 3 rings (SSSR count). The number of carboxylic acid groups (broad SMARTS) is 1. The minimum absolute atomic E-state index is 0.205. The van der Waals surface area contributed by atoms with Crippen molar-refractivity contribution in [3.05, 3.63) is 71.4 Å². The lowest BCUT2D eigenvalue weighted by atomic mass is 10.1. The topological polar surface area (TPSA) is 84.5 Å². The Balaban J connectivity index is 1.94. The number of benzene rings is 2. The van der Waals surface area contributed by atoms with E-state index in [0.29, 0.717) is 11.4 Å². The Morgan fingerprint density at radius 2 is 1.86 bits per heavy atom. The van der Waals surface area contributed by atoms with Crippen molar-refractivity contribution < 1.29 is 9.90 Å². The molecule has 0 atom stereocenters. The van der Waals surface area contributed by atoms with Gasteiger partial charge in [0.1, 0.15) is 5.69 Å². The third-order valence-corrected chi connectivity index (χ3v) is 3.25. The summed E-state index contributed by atoms with van der Waals surface area (Å²) in [6.45, 7) is 0. The van der Waals surface area contributed by atoms with Crippen LogP contribution in [0.25, 0.3) is 16.8 Å². The van der Waals surface area contributed by atoms with E-state index in [1.54, 1.807) is 59.5 Å². The van der Waals surface area contributed by atoms with Crippen LogP contribution in [0, 0.1) is 4.91 Å². The zero-order valence-electron chi connectivity index (χ0n) is 11.4. The fourth-order valence-corrected chi connectivity index (χ4v) is 2.11. The number of carbonyl (C=O) groups is 1. The molecule has 0 aliphatic carbocycles. The number of aromatic nitrogens is 2. The fraction of sp³-hybridized carbons (Fsp3) is 0. The highest BCUT2D eigenvalue weighted by atomic mass is 16.4. The highest BCUT2D eigenvalue weighted by molar-refractivity contribution is 5.88. The predicted molar refractivity (Wildman–Crippen MR) is 81.4 cm³/mol. The number of hydrogen-bond acceptors (Lipinski definition) is 4. The van der Waals surface area contributed by atoms with Crippen molar-refractivity contribution >= 4 is 11.7 Å². The molecule has 108 valence electrons. The van der Waals surface area contributed by atoms with Crippen LogP contribution in [0.3, 0.4) is 0 Å². The summed E-state index contributed by atoms with van der Waals surface area (Å²) in [6.07, 6.45) is 3.47. The van der Waals surface area contributed by atoms with E-state index >= 15 is 0 Å². The van der Waals surface area contributed by atoms with Gasteiger partial charge in [-0.2, -0.15) is 5.10 Å². The lowest BCUT2D eigenvalue weighted by Crippen LogP contribution is -1.99. The van der Waals surface area contributed by atoms with Crippen molar-refractivity contribution in [2.24, 2.45) is 5.18 Å². The molecule has 0 saturated carbocycles. The Kier molecular flexibility index (Phi) is 3.49. The lowest BCUT2D eigenvalue weighted by Gasteiger charge is -2.02. The van der Waals surface area contributed by atoms with Crippen LogP contribution in [0.15, 0.2) is 66.1 Å². The van der Waals surface area contributed by atoms with E-state index in [1.807, 2.05) is 0 Å². The molecule has 6 heteroatoms. The molecular weight excluding hydrogens is 282 g/mol.